The predicted molar refractivity (Wildman–Crippen MR) is 75.4 cm³/mol. The van der Waals surface area contributed by atoms with Gasteiger partial charge in [-0.3, -0.25) is 0 Å². The van der Waals surface area contributed by atoms with Crippen molar-refractivity contribution in [1.29, 1.82) is 0 Å². The van der Waals surface area contributed by atoms with Crippen molar-refractivity contribution in [2.45, 2.75) is 59.0 Å². The summed E-state index contributed by atoms with van der Waals surface area (Å²) in [5.41, 5.74) is 0. The molecular formula is C14H24O3S. The molecule has 3 nitrogen and oxygen atoms in total. The van der Waals surface area contributed by atoms with E-state index < -0.39 is 0 Å². The van der Waals surface area contributed by atoms with Crippen LogP contribution in [0.25, 0.3) is 0 Å². The van der Waals surface area contributed by atoms with Crippen LogP contribution in [0.4, 0.5) is 0 Å². The van der Waals surface area contributed by atoms with E-state index in [0.29, 0.717) is 11.5 Å². The predicted octanol–water partition coefficient (Wildman–Crippen LogP) is 3.88. The summed E-state index contributed by atoms with van der Waals surface area (Å²) in [5, 5.41) is 0. The molecule has 0 N–H and O–H groups in total. The number of unbranched alkanes of at least 4 members (excludes halogenated alkanes) is 3. The van der Waals surface area contributed by atoms with Crippen LogP contribution in [-0.2, 0) is 14.3 Å². The second kappa shape index (κ2) is 8.46. The first kappa shape index (κ1) is 15.4. The standard InChI is InChI=1S/C14H24O3S/c1-4-6-7-8-9-12-10-18-13(11(3)17-12)14(15)16-5-2/h12H,4-10H2,1-3H3. The lowest BCUT2D eigenvalue weighted by molar-refractivity contribution is -0.138. The molecule has 1 heterocycles. The van der Waals surface area contributed by atoms with Crippen molar-refractivity contribution in [3.05, 3.63) is 10.7 Å². The molecule has 0 aliphatic carbocycles. The molecule has 104 valence electrons. The summed E-state index contributed by atoms with van der Waals surface area (Å²) in [5.74, 6) is 1.34. The molecule has 0 aromatic heterocycles. The molecule has 1 unspecified atom stereocenters. The highest BCUT2D eigenvalue weighted by atomic mass is 32.2. The van der Waals surface area contributed by atoms with Crippen LogP contribution in [0.2, 0.25) is 0 Å². The Bertz CT molecular complexity index is 299. The molecule has 0 fully saturated rings. The molecule has 1 aliphatic rings. The maximum atomic E-state index is 11.6. The van der Waals surface area contributed by atoms with Gasteiger partial charge < -0.3 is 9.47 Å². The Kier molecular flexibility index (Phi) is 7.25. The summed E-state index contributed by atoms with van der Waals surface area (Å²) in [4.78, 5) is 12.3. The number of carbonyl (C=O) groups excluding carboxylic acids is 1. The summed E-state index contributed by atoms with van der Waals surface area (Å²) in [7, 11) is 0. The fourth-order valence-electron chi connectivity index (χ4n) is 1.96. The topological polar surface area (TPSA) is 35.5 Å². The average molecular weight is 272 g/mol. The Labute approximate surface area is 114 Å². The van der Waals surface area contributed by atoms with Crippen LogP contribution in [-0.4, -0.2) is 24.4 Å². The Morgan fingerprint density at radius 2 is 2.17 bits per heavy atom. The van der Waals surface area contributed by atoms with Crippen molar-refractivity contribution in [2.75, 3.05) is 12.4 Å². The van der Waals surface area contributed by atoms with Crippen molar-refractivity contribution in [3.63, 3.8) is 0 Å². The molecule has 0 aromatic carbocycles. The number of esters is 1. The van der Waals surface area contributed by atoms with Crippen LogP contribution in [0.1, 0.15) is 52.9 Å². The van der Waals surface area contributed by atoms with E-state index in [1.165, 1.54) is 25.7 Å². The van der Waals surface area contributed by atoms with Crippen LogP contribution in [0, 0.1) is 0 Å². The van der Waals surface area contributed by atoms with Crippen LogP contribution >= 0.6 is 11.8 Å². The minimum atomic E-state index is -0.246. The van der Waals surface area contributed by atoms with Gasteiger partial charge in [0.1, 0.15) is 16.8 Å². The molecule has 0 amide bonds. The van der Waals surface area contributed by atoms with Gasteiger partial charge in [0.2, 0.25) is 0 Å². The van der Waals surface area contributed by atoms with Crippen molar-refractivity contribution in [2.24, 2.45) is 0 Å². The second-order valence-corrected chi connectivity index (χ2v) is 5.54. The molecule has 1 rings (SSSR count). The molecule has 0 spiro atoms. The number of rotatable bonds is 7. The molecule has 1 atom stereocenters. The molecule has 18 heavy (non-hydrogen) atoms. The van der Waals surface area contributed by atoms with Gasteiger partial charge in [0.05, 0.1) is 6.61 Å². The van der Waals surface area contributed by atoms with E-state index in [2.05, 4.69) is 6.92 Å². The highest BCUT2D eigenvalue weighted by Crippen LogP contribution is 2.31. The number of thioether (sulfide) groups is 1. The maximum Gasteiger partial charge on any atom is 0.348 e. The summed E-state index contributed by atoms with van der Waals surface area (Å²) in [6, 6.07) is 0. The molecule has 0 aromatic rings. The maximum absolute atomic E-state index is 11.6. The largest absolute Gasteiger partial charge is 0.493 e. The van der Waals surface area contributed by atoms with Crippen molar-refractivity contribution < 1.29 is 14.3 Å². The molecule has 1 aliphatic heterocycles. The van der Waals surface area contributed by atoms with Crippen molar-refractivity contribution >= 4 is 17.7 Å². The van der Waals surface area contributed by atoms with Gasteiger partial charge in [-0.1, -0.05) is 26.2 Å². The van der Waals surface area contributed by atoms with E-state index >= 15 is 0 Å². The zero-order valence-corrected chi connectivity index (χ0v) is 12.5. The fourth-order valence-corrected chi connectivity index (χ4v) is 2.97. The van der Waals surface area contributed by atoms with Gasteiger partial charge in [0.15, 0.2) is 0 Å². The lowest BCUT2D eigenvalue weighted by Gasteiger charge is -2.25. The summed E-state index contributed by atoms with van der Waals surface area (Å²) < 4.78 is 10.8. The van der Waals surface area contributed by atoms with Gasteiger partial charge in [-0.2, -0.15) is 0 Å². The Morgan fingerprint density at radius 3 is 2.78 bits per heavy atom. The van der Waals surface area contributed by atoms with E-state index in [9.17, 15) is 4.79 Å². The average Bonchev–Trinajstić information content (AvgIpc) is 2.35. The normalized spacial score (nSPS) is 19.6. The van der Waals surface area contributed by atoms with Crippen molar-refractivity contribution in [3.8, 4) is 0 Å². The lowest BCUT2D eigenvalue weighted by Crippen LogP contribution is -2.22. The van der Waals surface area contributed by atoms with Gasteiger partial charge in [0.25, 0.3) is 0 Å². The quantitative estimate of drug-likeness (QED) is 0.520. The summed E-state index contributed by atoms with van der Waals surface area (Å²) >= 11 is 1.57. The van der Waals surface area contributed by atoms with Crippen molar-refractivity contribution in [1.82, 2.24) is 0 Å². The van der Waals surface area contributed by atoms with E-state index in [1.54, 1.807) is 11.8 Å². The molecule has 0 saturated heterocycles. The van der Waals surface area contributed by atoms with Crippen LogP contribution in [0.5, 0.6) is 0 Å². The zero-order valence-electron chi connectivity index (χ0n) is 11.7. The van der Waals surface area contributed by atoms with E-state index in [1.807, 2.05) is 13.8 Å². The molecule has 4 heteroatoms. The Hall–Kier alpha value is -0.640. The van der Waals surface area contributed by atoms with Crippen LogP contribution in [0.15, 0.2) is 10.7 Å². The lowest BCUT2D eigenvalue weighted by atomic mass is 10.1. The third-order valence-corrected chi connectivity index (χ3v) is 4.20. The summed E-state index contributed by atoms with van der Waals surface area (Å²) in [6.07, 6.45) is 6.37. The van der Waals surface area contributed by atoms with Gasteiger partial charge >= 0.3 is 5.97 Å². The van der Waals surface area contributed by atoms with E-state index in [-0.39, 0.29) is 12.1 Å². The summed E-state index contributed by atoms with van der Waals surface area (Å²) in [6.45, 7) is 6.30. The monoisotopic (exact) mass is 272 g/mol. The van der Waals surface area contributed by atoms with Gasteiger partial charge in [-0.15, -0.1) is 11.8 Å². The van der Waals surface area contributed by atoms with Gasteiger partial charge in [-0.25, -0.2) is 4.79 Å². The van der Waals surface area contributed by atoms with Crippen LogP contribution < -0.4 is 0 Å². The first-order valence-corrected chi connectivity index (χ1v) is 7.85. The Morgan fingerprint density at radius 1 is 1.39 bits per heavy atom. The third kappa shape index (κ3) is 4.92. The number of ether oxygens (including phenoxy) is 2. The number of hydrogen-bond acceptors (Lipinski definition) is 4. The Balaban J connectivity index is 2.37. The SMILES string of the molecule is CCCCCCC1CSC(C(=O)OCC)=C(C)O1. The second-order valence-electron chi connectivity index (χ2n) is 4.51. The highest BCUT2D eigenvalue weighted by molar-refractivity contribution is 8.04. The smallest absolute Gasteiger partial charge is 0.348 e. The molecule has 0 radical (unpaired) electrons. The number of carbonyl (C=O) groups is 1. The minimum absolute atomic E-state index is 0.246. The van der Waals surface area contributed by atoms with Gasteiger partial charge in [-0.05, 0) is 26.7 Å². The minimum Gasteiger partial charge on any atom is -0.493 e. The number of allylic oxidation sites excluding steroid dienone is 1. The highest BCUT2D eigenvalue weighted by Gasteiger charge is 2.25. The zero-order chi connectivity index (χ0) is 13.4. The fraction of sp³-hybridized carbons (Fsp3) is 0.786. The number of hydrogen-bond donors (Lipinski definition) is 0. The third-order valence-electron chi connectivity index (χ3n) is 2.92. The first-order valence-electron chi connectivity index (χ1n) is 6.86. The molecule has 0 bridgehead atoms. The molecule has 0 saturated carbocycles. The van der Waals surface area contributed by atoms with E-state index in [0.717, 1.165) is 17.9 Å². The van der Waals surface area contributed by atoms with Gasteiger partial charge in [0, 0.05) is 5.75 Å². The molecular weight excluding hydrogens is 248 g/mol. The first-order chi connectivity index (χ1) is 8.69. The van der Waals surface area contributed by atoms with E-state index in [4.69, 9.17) is 9.47 Å². The van der Waals surface area contributed by atoms with Crippen LogP contribution in [0.3, 0.4) is 0 Å².